The molecule has 1 amide bonds. The number of carbonyl (C=O) groups is 1. The largest absolute Gasteiger partial charge is 0.473 e. The van der Waals surface area contributed by atoms with Crippen LogP contribution in [0.5, 0.6) is 5.88 Å². The van der Waals surface area contributed by atoms with E-state index in [1.165, 1.54) is 18.3 Å². The Labute approximate surface area is 306 Å². The Kier molecular flexibility index (Phi) is 9.52. The van der Waals surface area contributed by atoms with Gasteiger partial charge in [0, 0.05) is 51.5 Å². The third-order valence-corrected chi connectivity index (χ3v) is 10.1. The highest BCUT2D eigenvalue weighted by Gasteiger charge is 2.34. The maximum atomic E-state index is 14.2. The van der Waals surface area contributed by atoms with Crippen LogP contribution < -0.4 is 10.1 Å². The number of hydrogen-bond acceptors (Lipinski definition) is 7. The van der Waals surface area contributed by atoms with Gasteiger partial charge in [0.15, 0.2) is 0 Å². The first-order valence-electron chi connectivity index (χ1n) is 17.3. The molecule has 8 rings (SSSR count). The van der Waals surface area contributed by atoms with E-state index in [1.54, 1.807) is 30.3 Å². The fourth-order valence-corrected chi connectivity index (χ4v) is 7.11. The Morgan fingerprint density at radius 2 is 1.87 bits per heavy atom. The number of alkyl halides is 3. The lowest BCUT2D eigenvalue weighted by molar-refractivity contribution is -0.136. The second-order valence-electron chi connectivity index (χ2n) is 13.4. The van der Waals surface area contributed by atoms with Crippen LogP contribution in [0.2, 0.25) is 5.02 Å². The van der Waals surface area contributed by atoms with Crippen LogP contribution in [-0.4, -0.2) is 61.3 Å². The molecule has 2 aliphatic rings. The summed E-state index contributed by atoms with van der Waals surface area (Å²) in [4.78, 5) is 25.3. The van der Waals surface area contributed by atoms with Crippen molar-refractivity contribution in [2.45, 2.75) is 57.2 Å². The lowest BCUT2D eigenvalue weighted by Crippen LogP contribution is -2.35. The Hall–Kier alpha value is -5.05. The molecule has 0 unspecified atom stereocenters. The number of H-pyrrole nitrogens is 1. The molecule has 10 nitrogen and oxygen atoms in total. The number of fused-ring (bicyclic) bond motifs is 2. The van der Waals surface area contributed by atoms with Crippen molar-refractivity contribution in [2.24, 2.45) is 0 Å². The Morgan fingerprint density at radius 3 is 2.62 bits per heavy atom. The van der Waals surface area contributed by atoms with Crippen LogP contribution in [0.4, 0.5) is 23.2 Å². The minimum atomic E-state index is -4.63. The maximum Gasteiger partial charge on any atom is 0.418 e. The SMILES string of the molecule is O=C(Nc1cc(C(F)(F)F)c2[nH]ncc2c1)c1ccc2c(c1)nc(CN1CCC(c3cccc(OCc4ccc(Cl)cc4F)n3)CC1)n2C[C@@H]1CCO1. The Balaban J connectivity index is 0.952. The highest BCUT2D eigenvalue weighted by Crippen LogP contribution is 2.36. The van der Waals surface area contributed by atoms with Crippen molar-refractivity contribution in [1.29, 1.82) is 0 Å². The first-order chi connectivity index (χ1) is 25.6. The molecule has 6 aromatic rings. The molecule has 274 valence electrons. The Morgan fingerprint density at radius 1 is 1.04 bits per heavy atom. The number of ether oxygens (including phenoxy) is 2. The van der Waals surface area contributed by atoms with Gasteiger partial charge in [-0.1, -0.05) is 23.7 Å². The zero-order valence-corrected chi connectivity index (χ0v) is 29.1. The monoisotopic (exact) mass is 747 g/mol. The highest BCUT2D eigenvalue weighted by molar-refractivity contribution is 6.30. The van der Waals surface area contributed by atoms with Crippen LogP contribution in [0.3, 0.4) is 0 Å². The summed E-state index contributed by atoms with van der Waals surface area (Å²) in [7, 11) is 0. The number of aromatic nitrogens is 5. The van der Waals surface area contributed by atoms with Crippen LogP contribution in [0.25, 0.3) is 21.9 Å². The summed E-state index contributed by atoms with van der Waals surface area (Å²) in [5.41, 5.74) is 2.02. The van der Waals surface area contributed by atoms with Crippen LogP contribution in [0, 0.1) is 5.82 Å². The number of likely N-dealkylation sites (tertiary alicyclic amines) is 1. The zero-order chi connectivity index (χ0) is 36.7. The first-order valence-corrected chi connectivity index (χ1v) is 17.7. The molecule has 0 bridgehead atoms. The van der Waals surface area contributed by atoms with Crippen molar-refractivity contribution in [2.75, 3.05) is 25.0 Å². The third-order valence-electron chi connectivity index (χ3n) is 9.89. The van der Waals surface area contributed by atoms with E-state index in [9.17, 15) is 22.4 Å². The number of aromatic amines is 1. The van der Waals surface area contributed by atoms with Crippen LogP contribution >= 0.6 is 11.6 Å². The standard InChI is InChI=1S/C38H34ClF4N7O3/c39-26-6-4-24(30(40)16-26)21-53-35-3-1-2-31(47-35)22-8-11-49(12-9-22)20-34-46-32-15-23(5-7-33(32)50(34)19-28-10-13-52-28)37(51)45-27-14-25-18-44-48-36(25)29(17-27)38(41,42)43/h1-7,14-18,22,28H,8-13,19-21H2,(H,44,48)(H,45,51)/t28-/m0/s1. The smallest absolute Gasteiger partial charge is 0.418 e. The summed E-state index contributed by atoms with van der Waals surface area (Å²) in [6.07, 6.45) is -0.591. The maximum absolute atomic E-state index is 14.2. The normalized spacial score (nSPS) is 17.0. The molecule has 15 heteroatoms. The number of nitrogens with zero attached hydrogens (tertiary/aromatic N) is 5. The molecule has 0 saturated carbocycles. The molecule has 1 atom stereocenters. The van der Waals surface area contributed by atoms with Crippen LogP contribution in [0.15, 0.2) is 72.9 Å². The number of amides is 1. The minimum absolute atomic E-state index is 0.0101. The number of hydrogen-bond donors (Lipinski definition) is 2. The summed E-state index contributed by atoms with van der Waals surface area (Å²) >= 11 is 5.87. The molecule has 0 radical (unpaired) electrons. The van der Waals surface area contributed by atoms with Crippen molar-refractivity contribution in [1.82, 2.24) is 29.6 Å². The van der Waals surface area contributed by atoms with Crippen molar-refractivity contribution in [3.63, 3.8) is 0 Å². The predicted octanol–water partition coefficient (Wildman–Crippen LogP) is 8.12. The average Bonchev–Trinajstić information content (AvgIpc) is 3.73. The summed E-state index contributed by atoms with van der Waals surface area (Å²) < 4.78 is 69.2. The quantitative estimate of drug-likeness (QED) is 0.136. The number of piperidine rings is 1. The van der Waals surface area contributed by atoms with Crippen molar-refractivity contribution in [3.8, 4) is 5.88 Å². The zero-order valence-electron chi connectivity index (χ0n) is 28.3. The van der Waals surface area contributed by atoms with Gasteiger partial charge >= 0.3 is 6.18 Å². The lowest BCUT2D eigenvalue weighted by atomic mass is 9.93. The molecule has 2 aliphatic heterocycles. The predicted molar refractivity (Wildman–Crippen MR) is 190 cm³/mol. The number of halogens is 5. The van der Waals surface area contributed by atoms with E-state index in [1.807, 2.05) is 18.2 Å². The van der Waals surface area contributed by atoms with Gasteiger partial charge in [-0.15, -0.1) is 0 Å². The van der Waals surface area contributed by atoms with Gasteiger partial charge in [0.2, 0.25) is 5.88 Å². The number of anilines is 1. The van der Waals surface area contributed by atoms with Gasteiger partial charge < -0.3 is 19.4 Å². The molecule has 3 aromatic carbocycles. The highest BCUT2D eigenvalue weighted by atomic mass is 35.5. The number of pyridine rings is 1. The molecule has 2 N–H and O–H groups in total. The number of rotatable bonds is 10. The van der Waals surface area contributed by atoms with Gasteiger partial charge in [-0.25, -0.2) is 14.4 Å². The minimum Gasteiger partial charge on any atom is -0.473 e. The fourth-order valence-electron chi connectivity index (χ4n) is 6.95. The van der Waals surface area contributed by atoms with Gasteiger partial charge in [-0.05, 0) is 80.9 Å². The van der Waals surface area contributed by atoms with E-state index in [0.717, 1.165) is 55.5 Å². The fraction of sp³-hybridized carbons (Fsp3) is 0.316. The molecular weight excluding hydrogens is 714 g/mol. The summed E-state index contributed by atoms with van der Waals surface area (Å²) in [6.45, 7) is 3.58. The third kappa shape index (κ3) is 7.57. The van der Waals surface area contributed by atoms with Gasteiger partial charge in [0.05, 0.1) is 47.5 Å². The molecular formula is C38H34ClF4N7O3. The molecule has 5 heterocycles. The second-order valence-corrected chi connectivity index (χ2v) is 13.8. The summed E-state index contributed by atoms with van der Waals surface area (Å²) in [5.74, 6) is 0.529. The number of imidazole rings is 1. The number of carbonyl (C=O) groups excluding carboxylic acids is 1. The van der Waals surface area contributed by atoms with E-state index in [4.69, 9.17) is 31.0 Å². The summed E-state index contributed by atoms with van der Waals surface area (Å²) in [5, 5.41) is 9.29. The van der Waals surface area contributed by atoms with E-state index in [-0.39, 0.29) is 40.8 Å². The summed E-state index contributed by atoms with van der Waals surface area (Å²) in [6, 6.07) is 17.6. The molecule has 0 aliphatic carbocycles. The van der Waals surface area contributed by atoms with Gasteiger partial charge in [0.25, 0.3) is 5.91 Å². The van der Waals surface area contributed by atoms with Gasteiger partial charge in [0.1, 0.15) is 18.2 Å². The van der Waals surface area contributed by atoms with Crippen molar-refractivity contribution >= 4 is 45.1 Å². The van der Waals surface area contributed by atoms with Crippen molar-refractivity contribution in [3.05, 3.63) is 112 Å². The van der Waals surface area contributed by atoms with E-state index >= 15 is 0 Å². The molecule has 0 spiro atoms. The van der Waals surface area contributed by atoms with E-state index < -0.39 is 23.5 Å². The second kappa shape index (κ2) is 14.4. The Bertz CT molecular complexity index is 2300. The van der Waals surface area contributed by atoms with Crippen molar-refractivity contribution < 1.29 is 31.8 Å². The van der Waals surface area contributed by atoms with Gasteiger partial charge in [-0.2, -0.15) is 18.3 Å². The average molecular weight is 748 g/mol. The van der Waals surface area contributed by atoms with E-state index in [2.05, 4.69) is 25.0 Å². The number of nitrogens with one attached hydrogen (secondary N) is 2. The van der Waals surface area contributed by atoms with E-state index in [0.29, 0.717) is 41.7 Å². The number of benzene rings is 3. The molecule has 2 fully saturated rings. The van der Waals surface area contributed by atoms with Crippen LogP contribution in [0.1, 0.15) is 58.2 Å². The first kappa shape index (κ1) is 35.0. The van der Waals surface area contributed by atoms with Crippen LogP contribution in [-0.2, 0) is 30.6 Å². The van der Waals surface area contributed by atoms with Gasteiger partial charge in [-0.3, -0.25) is 14.8 Å². The molecule has 3 aromatic heterocycles. The molecule has 2 saturated heterocycles. The lowest BCUT2D eigenvalue weighted by Gasteiger charge is -2.32. The molecule has 53 heavy (non-hydrogen) atoms. The topological polar surface area (TPSA) is 110 Å².